The van der Waals surface area contributed by atoms with Crippen LogP contribution < -0.4 is 10.1 Å². The summed E-state index contributed by atoms with van der Waals surface area (Å²) in [6, 6.07) is 6.29. The Morgan fingerprint density at radius 3 is 2.83 bits per heavy atom. The Hall–Kier alpha value is -1.75. The largest absolute Gasteiger partial charge is 0.493 e. The van der Waals surface area contributed by atoms with Gasteiger partial charge in [0.15, 0.2) is 0 Å². The minimum atomic E-state index is 0.0104. The summed E-state index contributed by atoms with van der Waals surface area (Å²) in [6.07, 6.45) is 7.94. The molecule has 1 N–H and O–H groups in total. The lowest BCUT2D eigenvalue weighted by Gasteiger charge is -2.31. The molecule has 1 saturated carbocycles. The van der Waals surface area contributed by atoms with Crippen molar-refractivity contribution in [3.63, 3.8) is 0 Å². The number of urea groups is 1. The van der Waals surface area contributed by atoms with Gasteiger partial charge < -0.3 is 19.7 Å². The first-order valence-electron chi connectivity index (χ1n) is 9.24. The standard InChI is InChI=1S/C19H26N2O3/c22-19(20-15-7-8-18-14(12-15)9-11-24-18)21(16-4-1-2-5-16)13-17-6-3-10-23-17/h7-8,12,16-17H,1-6,9-11,13H2,(H,20,22)/t17-/m0/s1. The Bertz CT molecular complexity index is 592. The van der Waals surface area contributed by atoms with E-state index < -0.39 is 0 Å². The van der Waals surface area contributed by atoms with E-state index in [4.69, 9.17) is 9.47 Å². The Kier molecular flexibility index (Phi) is 4.60. The molecular formula is C19H26N2O3. The van der Waals surface area contributed by atoms with Crippen LogP contribution in [0.4, 0.5) is 10.5 Å². The highest BCUT2D eigenvalue weighted by molar-refractivity contribution is 5.89. The highest BCUT2D eigenvalue weighted by atomic mass is 16.5. The molecule has 4 rings (SSSR count). The highest BCUT2D eigenvalue weighted by Gasteiger charge is 2.30. The number of ether oxygens (including phenoxy) is 2. The third-order valence-corrected chi connectivity index (χ3v) is 5.39. The third kappa shape index (κ3) is 3.36. The van der Waals surface area contributed by atoms with Gasteiger partial charge in [0.25, 0.3) is 0 Å². The summed E-state index contributed by atoms with van der Waals surface area (Å²) in [5.74, 6) is 0.944. The number of anilines is 1. The van der Waals surface area contributed by atoms with Crippen molar-refractivity contribution in [1.29, 1.82) is 0 Å². The first-order valence-corrected chi connectivity index (χ1v) is 9.24. The molecule has 2 amide bonds. The predicted octanol–water partition coefficient (Wildman–Crippen LogP) is 3.58. The maximum absolute atomic E-state index is 12.9. The van der Waals surface area contributed by atoms with Crippen molar-refractivity contribution < 1.29 is 14.3 Å². The van der Waals surface area contributed by atoms with E-state index in [9.17, 15) is 4.79 Å². The van der Waals surface area contributed by atoms with Crippen LogP contribution in [0.15, 0.2) is 18.2 Å². The van der Waals surface area contributed by atoms with Crippen molar-refractivity contribution in [2.24, 2.45) is 0 Å². The summed E-state index contributed by atoms with van der Waals surface area (Å²) in [6.45, 7) is 2.28. The number of carbonyl (C=O) groups is 1. The number of amides is 2. The molecule has 130 valence electrons. The second-order valence-electron chi connectivity index (χ2n) is 7.08. The van der Waals surface area contributed by atoms with Crippen LogP contribution in [0.2, 0.25) is 0 Å². The fraction of sp³-hybridized carbons (Fsp3) is 0.632. The van der Waals surface area contributed by atoms with Gasteiger partial charge in [-0.1, -0.05) is 12.8 Å². The van der Waals surface area contributed by atoms with E-state index in [1.807, 2.05) is 23.1 Å². The number of rotatable bonds is 4. The van der Waals surface area contributed by atoms with Gasteiger partial charge in [-0.25, -0.2) is 4.79 Å². The molecule has 5 heteroatoms. The quantitative estimate of drug-likeness (QED) is 0.918. The molecule has 2 aliphatic heterocycles. The Labute approximate surface area is 143 Å². The molecule has 0 spiro atoms. The van der Waals surface area contributed by atoms with Crippen LogP contribution in [0.5, 0.6) is 5.75 Å². The van der Waals surface area contributed by atoms with Crippen molar-refractivity contribution in [2.45, 2.75) is 57.1 Å². The number of hydrogen-bond acceptors (Lipinski definition) is 3. The average Bonchev–Trinajstić information content (AvgIpc) is 3.33. The van der Waals surface area contributed by atoms with Gasteiger partial charge in [0, 0.05) is 31.3 Å². The molecule has 5 nitrogen and oxygen atoms in total. The zero-order valence-corrected chi connectivity index (χ0v) is 14.1. The summed E-state index contributed by atoms with van der Waals surface area (Å²) in [5, 5.41) is 3.10. The van der Waals surface area contributed by atoms with E-state index in [1.54, 1.807) is 0 Å². The number of nitrogens with zero attached hydrogens (tertiary/aromatic N) is 1. The summed E-state index contributed by atoms with van der Waals surface area (Å²) in [4.78, 5) is 14.9. The molecule has 1 saturated heterocycles. The molecule has 24 heavy (non-hydrogen) atoms. The Morgan fingerprint density at radius 1 is 1.17 bits per heavy atom. The number of carbonyl (C=O) groups excluding carboxylic acids is 1. The van der Waals surface area contributed by atoms with Crippen LogP contribution in [0.3, 0.4) is 0 Å². The normalized spacial score (nSPS) is 23.1. The summed E-state index contributed by atoms with van der Waals surface area (Å²) < 4.78 is 11.3. The minimum absolute atomic E-state index is 0.0104. The van der Waals surface area contributed by atoms with Crippen LogP contribution >= 0.6 is 0 Å². The molecule has 2 heterocycles. The van der Waals surface area contributed by atoms with E-state index in [2.05, 4.69) is 5.32 Å². The maximum Gasteiger partial charge on any atom is 0.322 e. The predicted molar refractivity (Wildman–Crippen MR) is 92.6 cm³/mol. The lowest BCUT2D eigenvalue weighted by atomic mass is 10.1. The number of nitrogens with one attached hydrogen (secondary N) is 1. The number of hydrogen-bond donors (Lipinski definition) is 1. The van der Waals surface area contributed by atoms with Gasteiger partial charge in [-0.15, -0.1) is 0 Å². The molecule has 0 aromatic heterocycles. The van der Waals surface area contributed by atoms with Crippen LogP contribution in [0.25, 0.3) is 0 Å². The van der Waals surface area contributed by atoms with Crippen molar-refractivity contribution in [3.8, 4) is 5.75 Å². The Morgan fingerprint density at radius 2 is 2.04 bits per heavy atom. The van der Waals surface area contributed by atoms with E-state index in [0.29, 0.717) is 12.6 Å². The SMILES string of the molecule is O=C(Nc1ccc2c(c1)CCO2)N(C[C@@H]1CCCO1)C1CCCC1. The fourth-order valence-corrected chi connectivity index (χ4v) is 4.08. The minimum Gasteiger partial charge on any atom is -0.493 e. The summed E-state index contributed by atoms with van der Waals surface area (Å²) in [5.41, 5.74) is 2.04. The molecule has 1 atom stereocenters. The molecule has 1 aromatic carbocycles. The molecule has 1 aromatic rings. The molecule has 0 radical (unpaired) electrons. The van der Waals surface area contributed by atoms with Gasteiger partial charge in [-0.3, -0.25) is 0 Å². The molecular weight excluding hydrogens is 304 g/mol. The maximum atomic E-state index is 12.9. The smallest absolute Gasteiger partial charge is 0.322 e. The second-order valence-corrected chi connectivity index (χ2v) is 7.08. The van der Waals surface area contributed by atoms with Crippen molar-refractivity contribution >= 4 is 11.7 Å². The number of benzene rings is 1. The topological polar surface area (TPSA) is 50.8 Å². The molecule has 1 aliphatic carbocycles. The van der Waals surface area contributed by atoms with Crippen LogP contribution in [0.1, 0.15) is 44.1 Å². The monoisotopic (exact) mass is 330 g/mol. The van der Waals surface area contributed by atoms with Crippen LogP contribution in [0, 0.1) is 0 Å². The molecule has 0 unspecified atom stereocenters. The van der Waals surface area contributed by atoms with Crippen LogP contribution in [-0.4, -0.2) is 42.8 Å². The average molecular weight is 330 g/mol. The fourth-order valence-electron chi connectivity index (χ4n) is 4.08. The highest BCUT2D eigenvalue weighted by Crippen LogP contribution is 2.29. The molecule has 2 fully saturated rings. The zero-order valence-electron chi connectivity index (χ0n) is 14.1. The van der Waals surface area contributed by atoms with Crippen molar-refractivity contribution in [1.82, 2.24) is 4.90 Å². The van der Waals surface area contributed by atoms with E-state index in [-0.39, 0.29) is 12.1 Å². The van der Waals surface area contributed by atoms with Crippen molar-refractivity contribution in [3.05, 3.63) is 23.8 Å². The van der Waals surface area contributed by atoms with Gasteiger partial charge >= 0.3 is 6.03 Å². The van der Waals surface area contributed by atoms with Gasteiger partial charge in [-0.2, -0.15) is 0 Å². The van der Waals surface area contributed by atoms with E-state index in [1.165, 1.54) is 18.4 Å². The van der Waals surface area contributed by atoms with Gasteiger partial charge in [0.05, 0.1) is 12.7 Å². The molecule has 0 bridgehead atoms. The second kappa shape index (κ2) is 7.01. The van der Waals surface area contributed by atoms with Crippen molar-refractivity contribution in [2.75, 3.05) is 25.1 Å². The Balaban J connectivity index is 1.45. The van der Waals surface area contributed by atoms with Gasteiger partial charge in [-0.05, 0) is 49.4 Å². The molecule has 3 aliphatic rings. The van der Waals surface area contributed by atoms with Gasteiger partial charge in [0.1, 0.15) is 5.75 Å². The first kappa shape index (κ1) is 15.8. The lowest BCUT2D eigenvalue weighted by Crippen LogP contribution is -2.45. The summed E-state index contributed by atoms with van der Waals surface area (Å²) >= 11 is 0. The van der Waals surface area contributed by atoms with E-state index >= 15 is 0 Å². The zero-order chi connectivity index (χ0) is 16.4. The third-order valence-electron chi connectivity index (χ3n) is 5.39. The first-order chi connectivity index (χ1) is 11.8. The lowest BCUT2D eigenvalue weighted by molar-refractivity contribution is 0.0729. The number of fused-ring (bicyclic) bond motifs is 1. The van der Waals surface area contributed by atoms with Crippen LogP contribution in [-0.2, 0) is 11.2 Å². The summed E-state index contributed by atoms with van der Waals surface area (Å²) in [7, 11) is 0. The van der Waals surface area contributed by atoms with E-state index in [0.717, 1.165) is 56.8 Å². The van der Waals surface area contributed by atoms with Gasteiger partial charge in [0.2, 0.25) is 0 Å².